The molecule has 176 valence electrons. The van der Waals surface area contributed by atoms with Gasteiger partial charge in [-0.3, -0.25) is 0 Å². The number of nitrogens with zero attached hydrogens (tertiary/aromatic N) is 2. The van der Waals surface area contributed by atoms with Crippen molar-refractivity contribution in [2.24, 2.45) is 0 Å². The first-order valence-electron chi connectivity index (χ1n) is 13.7. The Bertz CT molecular complexity index is 1490. The molecule has 32 heavy (non-hydrogen) atoms. The monoisotopic (exact) mass is 621 g/mol. The SMILES string of the molecule is Cl.Cl.[2H]C([2H])([2H])C([2H])([2H])C([2H])(OC(=O)c1cc2ccc3c(Br)c(CN4CCN(C)CC4)[se]c3c2oc1=O)C([2H])([2H])[2H]. The number of hydrogen-bond donors (Lipinski definition) is 0. The van der Waals surface area contributed by atoms with Crippen molar-refractivity contribution in [3.8, 4) is 0 Å². The molecule has 1 unspecified atom stereocenters. The molecular weight excluding hydrogens is 586 g/mol. The minimum absolute atomic E-state index is 0. The molecule has 0 bridgehead atoms. The van der Waals surface area contributed by atoms with Gasteiger partial charge in [-0.05, 0) is 0 Å². The first-order valence-corrected chi connectivity index (χ1v) is 11.7. The van der Waals surface area contributed by atoms with Gasteiger partial charge < -0.3 is 0 Å². The molecule has 0 radical (unpaired) electrons. The zero-order valence-electron chi connectivity index (χ0n) is 25.9. The maximum absolute atomic E-state index is 12.9. The Labute approximate surface area is 226 Å². The molecule has 1 aromatic carbocycles. The number of hydrogen-bond acceptors (Lipinski definition) is 6. The summed E-state index contributed by atoms with van der Waals surface area (Å²) in [6.45, 7) is -2.76. The van der Waals surface area contributed by atoms with E-state index in [0.29, 0.717) is 5.39 Å². The van der Waals surface area contributed by atoms with Crippen molar-refractivity contribution < 1.29 is 26.3 Å². The molecule has 0 N–H and O–H groups in total. The molecule has 1 saturated heterocycles. The number of halogens is 3. The Balaban J connectivity index is 0.00000294. The van der Waals surface area contributed by atoms with E-state index < -0.39 is 43.3 Å². The Morgan fingerprint density at radius 3 is 2.81 bits per heavy atom. The van der Waals surface area contributed by atoms with Crippen molar-refractivity contribution in [3.05, 3.63) is 43.1 Å². The van der Waals surface area contributed by atoms with Gasteiger partial charge in [-0.15, -0.1) is 24.8 Å². The molecule has 1 atom stereocenters. The summed E-state index contributed by atoms with van der Waals surface area (Å²) in [6.07, 6.45) is -7.63. The van der Waals surface area contributed by atoms with Gasteiger partial charge in [0.1, 0.15) is 0 Å². The normalized spacial score (nSPS) is 22.2. The van der Waals surface area contributed by atoms with E-state index in [4.69, 9.17) is 16.8 Å². The maximum atomic E-state index is 12.9. The van der Waals surface area contributed by atoms with E-state index in [1.165, 1.54) is 4.44 Å². The van der Waals surface area contributed by atoms with Gasteiger partial charge in [0, 0.05) is 0 Å². The molecule has 2 aromatic heterocycles. The fourth-order valence-electron chi connectivity index (χ4n) is 3.38. The van der Waals surface area contributed by atoms with Crippen molar-refractivity contribution in [3.63, 3.8) is 0 Å². The van der Waals surface area contributed by atoms with Crippen LogP contribution in [0.5, 0.6) is 0 Å². The number of fused-ring (bicyclic) bond motifs is 3. The summed E-state index contributed by atoms with van der Waals surface area (Å²) >= 11 is 3.49. The quantitative estimate of drug-likeness (QED) is 0.240. The molecule has 10 heteroatoms. The van der Waals surface area contributed by atoms with Crippen LogP contribution in [0, 0.1) is 0 Å². The fourth-order valence-corrected chi connectivity index (χ4v) is 7.12. The summed E-state index contributed by atoms with van der Waals surface area (Å²) < 4.78 is 81.6. The second-order valence-electron chi connectivity index (χ2n) is 7.07. The molecule has 0 spiro atoms. The van der Waals surface area contributed by atoms with E-state index in [1.54, 1.807) is 12.1 Å². The molecule has 4 rings (SSSR count). The molecule has 1 aliphatic heterocycles. The summed E-state index contributed by atoms with van der Waals surface area (Å²) in [6, 6.07) is 4.54. The number of rotatable bonds is 5. The Morgan fingerprint density at radius 2 is 2.12 bits per heavy atom. The number of esters is 1. The van der Waals surface area contributed by atoms with Crippen molar-refractivity contribution in [1.29, 1.82) is 0 Å². The molecule has 1 aliphatic rings. The van der Waals surface area contributed by atoms with Crippen molar-refractivity contribution in [2.75, 3.05) is 33.2 Å². The third kappa shape index (κ3) is 5.61. The zero-order chi connectivity index (χ0) is 29.1. The van der Waals surface area contributed by atoms with E-state index in [0.717, 1.165) is 52.9 Å². The minimum atomic E-state index is -3.84. The molecule has 3 aromatic rings. The van der Waals surface area contributed by atoms with Crippen LogP contribution < -0.4 is 5.63 Å². The van der Waals surface area contributed by atoms with Gasteiger partial charge in [-0.25, -0.2) is 0 Å². The molecule has 0 saturated carbocycles. The first-order chi connectivity index (χ1) is 17.9. The van der Waals surface area contributed by atoms with Crippen LogP contribution in [0.25, 0.3) is 20.6 Å². The predicted molar refractivity (Wildman–Crippen MR) is 137 cm³/mol. The van der Waals surface area contributed by atoms with Gasteiger partial charge in [0.2, 0.25) is 0 Å². The first kappa shape index (κ1) is 16.7. The molecule has 0 amide bonds. The summed E-state index contributed by atoms with van der Waals surface area (Å²) in [5.41, 5.74) is -1.70. The molecular formula is C22H27BrCl2N2O4Se. The molecule has 6 nitrogen and oxygen atoms in total. The van der Waals surface area contributed by atoms with Crippen LogP contribution in [-0.4, -0.2) is 69.6 Å². The predicted octanol–water partition coefficient (Wildman–Crippen LogP) is 4.31. The van der Waals surface area contributed by atoms with Crippen molar-refractivity contribution in [2.45, 2.75) is 32.7 Å². The third-order valence-corrected chi connectivity index (χ3v) is 9.05. The Morgan fingerprint density at radius 1 is 1.38 bits per heavy atom. The van der Waals surface area contributed by atoms with Gasteiger partial charge in [-0.2, -0.15) is 0 Å². The second kappa shape index (κ2) is 11.5. The Hall–Kier alpha value is -0.861. The van der Waals surface area contributed by atoms with Gasteiger partial charge in [-0.1, -0.05) is 0 Å². The summed E-state index contributed by atoms with van der Waals surface area (Å²) in [5, 5.41) is 1.20. The number of ether oxygens (including phenoxy) is 1. The van der Waals surface area contributed by atoms with E-state index in [9.17, 15) is 9.59 Å². The molecule has 0 aliphatic carbocycles. The van der Waals surface area contributed by atoms with E-state index in [2.05, 4.69) is 37.5 Å². The topological polar surface area (TPSA) is 63.0 Å². The van der Waals surface area contributed by atoms with Gasteiger partial charge in [0.15, 0.2) is 0 Å². The summed E-state index contributed by atoms with van der Waals surface area (Å²) in [4.78, 5) is 30.4. The van der Waals surface area contributed by atoms with Gasteiger partial charge >= 0.3 is 202 Å². The standard InChI is InChI=1S/C22H25BrN2O4Se.2ClH/c1-4-13(2)28-21(26)16-11-14-5-6-15-18(23)17(12-25-9-7-24(3)8-10-25)30-20(15)19(14)29-22(16)27;;/h5-6,11,13H,4,7-10,12H2,1-3H3;2*1H/i1D3,2D3,4D2,13D;;. The number of benzene rings is 1. The van der Waals surface area contributed by atoms with Gasteiger partial charge in [0.05, 0.1) is 0 Å². The summed E-state index contributed by atoms with van der Waals surface area (Å²) in [7, 11) is 2.08. The van der Waals surface area contributed by atoms with Gasteiger partial charge in [0.25, 0.3) is 0 Å². The van der Waals surface area contributed by atoms with E-state index in [-0.39, 0.29) is 44.9 Å². The van der Waals surface area contributed by atoms with Crippen LogP contribution >= 0.6 is 40.7 Å². The number of carbonyl (C=O) groups excluding carboxylic acids is 1. The van der Waals surface area contributed by atoms with Crippen LogP contribution in [0.3, 0.4) is 0 Å². The van der Waals surface area contributed by atoms with Crippen LogP contribution in [0.15, 0.2) is 31.9 Å². The zero-order valence-corrected chi connectivity index (χ0v) is 21.8. The van der Waals surface area contributed by atoms with Crippen LogP contribution in [-0.2, 0) is 11.3 Å². The number of likely N-dealkylation sites (N-methyl/N-ethyl adjacent to an activating group) is 1. The van der Waals surface area contributed by atoms with Crippen LogP contribution in [0.4, 0.5) is 0 Å². The van der Waals surface area contributed by atoms with Crippen molar-refractivity contribution in [1.82, 2.24) is 9.80 Å². The number of piperazine rings is 1. The average Bonchev–Trinajstić information content (AvgIpc) is 3.14. The van der Waals surface area contributed by atoms with Crippen LogP contribution in [0.2, 0.25) is 0 Å². The summed E-state index contributed by atoms with van der Waals surface area (Å²) in [5.74, 6) is -1.68. The number of carbonyl (C=O) groups is 1. The fraction of sp³-hybridized carbons (Fsp3) is 0.455. The Kier molecular flexibility index (Phi) is 6.02. The van der Waals surface area contributed by atoms with E-state index >= 15 is 0 Å². The van der Waals surface area contributed by atoms with Crippen molar-refractivity contribution >= 4 is 81.8 Å². The molecule has 1 fully saturated rings. The average molecular weight is 622 g/mol. The molecule has 3 heterocycles. The van der Waals surface area contributed by atoms with E-state index in [1.807, 2.05) is 0 Å². The van der Waals surface area contributed by atoms with Crippen LogP contribution in [0.1, 0.15) is 47.2 Å². The second-order valence-corrected chi connectivity index (χ2v) is 10.2. The third-order valence-electron chi connectivity index (χ3n) is 5.05.